The summed E-state index contributed by atoms with van der Waals surface area (Å²) >= 11 is 11.9. The molecule has 0 saturated heterocycles. The number of hydrogen-bond acceptors (Lipinski definition) is 4. The van der Waals surface area contributed by atoms with E-state index in [1.54, 1.807) is 42.5 Å². The number of carbonyl (C=O) groups is 2. The third-order valence-electron chi connectivity index (χ3n) is 3.55. The number of esters is 1. The van der Waals surface area contributed by atoms with Crippen LogP contribution in [0.5, 0.6) is 5.75 Å². The predicted octanol–water partition coefficient (Wildman–Crippen LogP) is 3.52. The molecule has 0 spiro atoms. The molecule has 0 aliphatic carbocycles. The highest BCUT2D eigenvalue weighted by Crippen LogP contribution is 2.25. The first-order chi connectivity index (χ1) is 11.9. The van der Waals surface area contributed by atoms with Crippen LogP contribution in [-0.2, 0) is 16.0 Å². The fourth-order valence-corrected chi connectivity index (χ4v) is 2.66. The second-order valence-electron chi connectivity index (χ2n) is 5.23. The monoisotopic (exact) mass is 381 g/mol. The summed E-state index contributed by atoms with van der Waals surface area (Å²) in [6.45, 7) is 0. The summed E-state index contributed by atoms with van der Waals surface area (Å²) in [4.78, 5) is 24.4. The maximum absolute atomic E-state index is 12.3. The van der Waals surface area contributed by atoms with E-state index in [1.165, 1.54) is 14.2 Å². The van der Waals surface area contributed by atoms with Gasteiger partial charge in [-0.05, 0) is 42.0 Å². The minimum Gasteiger partial charge on any atom is -0.495 e. The Hall–Kier alpha value is -2.24. The van der Waals surface area contributed by atoms with Crippen molar-refractivity contribution in [2.75, 3.05) is 14.2 Å². The minimum absolute atomic E-state index is 0.232. The van der Waals surface area contributed by atoms with Gasteiger partial charge in [-0.25, -0.2) is 4.79 Å². The topological polar surface area (TPSA) is 64.6 Å². The number of hydrogen-bond donors (Lipinski definition) is 1. The maximum atomic E-state index is 12.3. The Morgan fingerprint density at radius 1 is 1.08 bits per heavy atom. The van der Waals surface area contributed by atoms with Gasteiger partial charge in [-0.3, -0.25) is 4.79 Å². The van der Waals surface area contributed by atoms with Crippen LogP contribution < -0.4 is 10.1 Å². The van der Waals surface area contributed by atoms with Gasteiger partial charge in [0.05, 0.1) is 19.2 Å². The number of nitrogens with one attached hydrogen (secondary N) is 1. The van der Waals surface area contributed by atoms with Gasteiger partial charge in [0.2, 0.25) is 0 Å². The van der Waals surface area contributed by atoms with Crippen LogP contribution in [0.4, 0.5) is 0 Å². The van der Waals surface area contributed by atoms with Gasteiger partial charge in [0.15, 0.2) is 0 Å². The Kier molecular flexibility index (Phi) is 6.67. The summed E-state index contributed by atoms with van der Waals surface area (Å²) < 4.78 is 9.88. The van der Waals surface area contributed by atoms with Crippen molar-refractivity contribution in [3.8, 4) is 5.75 Å². The predicted molar refractivity (Wildman–Crippen MR) is 96.4 cm³/mol. The number of benzene rings is 2. The molecule has 2 aromatic rings. The zero-order valence-corrected chi connectivity index (χ0v) is 15.2. The first kappa shape index (κ1) is 19.1. The number of halogens is 2. The highest BCUT2D eigenvalue weighted by Gasteiger charge is 2.23. The summed E-state index contributed by atoms with van der Waals surface area (Å²) in [5.74, 6) is -0.411. The van der Waals surface area contributed by atoms with Gasteiger partial charge >= 0.3 is 5.97 Å². The van der Waals surface area contributed by atoms with Crippen molar-refractivity contribution in [1.82, 2.24) is 5.32 Å². The third-order valence-corrected chi connectivity index (χ3v) is 4.10. The van der Waals surface area contributed by atoms with Crippen LogP contribution in [0.2, 0.25) is 10.0 Å². The lowest BCUT2D eigenvalue weighted by Crippen LogP contribution is -2.43. The molecule has 0 aromatic heterocycles. The van der Waals surface area contributed by atoms with E-state index in [4.69, 9.17) is 32.7 Å². The first-order valence-electron chi connectivity index (χ1n) is 7.41. The van der Waals surface area contributed by atoms with E-state index < -0.39 is 17.9 Å². The van der Waals surface area contributed by atoms with Crippen molar-refractivity contribution in [3.63, 3.8) is 0 Å². The van der Waals surface area contributed by atoms with E-state index in [1.807, 2.05) is 0 Å². The molecule has 0 aliphatic heterocycles. The van der Waals surface area contributed by atoms with E-state index in [0.29, 0.717) is 21.4 Å². The number of carbonyl (C=O) groups excluding carboxylic acids is 2. The lowest BCUT2D eigenvalue weighted by atomic mass is 10.0. The van der Waals surface area contributed by atoms with Crippen LogP contribution in [0.3, 0.4) is 0 Å². The highest BCUT2D eigenvalue weighted by atomic mass is 35.5. The van der Waals surface area contributed by atoms with Crippen LogP contribution in [0.25, 0.3) is 0 Å². The zero-order valence-electron chi connectivity index (χ0n) is 13.7. The molecule has 132 valence electrons. The standard InChI is InChI=1S/C18H17Cl2NO4/c1-24-16-8-3-11(9-14(16)20)10-15(18(23)25-2)21-17(22)12-4-6-13(19)7-5-12/h3-9,15H,10H2,1-2H3,(H,21,22)/t15-/m1/s1. The summed E-state index contributed by atoms with van der Waals surface area (Å²) in [6.07, 6.45) is 0.232. The Labute approximate surface area is 155 Å². The second-order valence-corrected chi connectivity index (χ2v) is 6.07. The Balaban J connectivity index is 2.16. The first-order valence-corrected chi connectivity index (χ1v) is 8.17. The molecule has 0 aliphatic rings. The second kappa shape index (κ2) is 8.74. The van der Waals surface area contributed by atoms with E-state index in [9.17, 15) is 9.59 Å². The van der Waals surface area contributed by atoms with Gasteiger partial charge in [0.25, 0.3) is 5.91 Å². The maximum Gasteiger partial charge on any atom is 0.328 e. The van der Waals surface area contributed by atoms with Crippen molar-refractivity contribution in [1.29, 1.82) is 0 Å². The lowest BCUT2D eigenvalue weighted by molar-refractivity contribution is -0.142. The molecule has 0 radical (unpaired) electrons. The SMILES string of the molecule is COC(=O)[C@@H](Cc1ccc(OC)c(Cl)c1)NC(=O)c1ccc(Cl)cc1. The van der Waals surface area contributed by atoms with Gasteiger partial charge in [0, 0.05) is 17.0 Å². The van der Waals surface area contributed by atoms with Gasteiger partial charge in [-0.2, -0.15) is 0 Å². The third kappa shape index (κ3) is 5.11. The fourth-order valence-electron chi connectivity index (χ4n) is 2.25. The van der Waals surface area contributed by atoms with Crippen molar-refractivity contribution in [2.24, 2.45) is 0 Å². The quantitative estimate of drug-likeness (QED) is 0.777. The molecule has 0 heterocycles. The van der Waals surface area contributed by atoms with Crippen LogP contribution >= 0.6 is 23.2 Å². The normalized spacial score (nSPS) is 11.5. The largest absolute Gasteiger partial charge is 0.495 e. The van der Waals surface area contributed by atoms with Gasteiger partial charge in [0.1, 0.15) is 11.8 Å². The molecular weight excluding hydrogens is 365 g/mol. The molecule has 25 heavy (non-hydrogen) atoms. The van der Waals surface area contributed by atoms with Crippen molar-refractivity contribution < 1.29 is 19.1 Å². The van der Waals surface area contributed by atoms with E-state index in [2.05, 4.69) is 5.32 Å². The minimum atomic E-state index is -0.849. The summed E-state index contributed by atoms with van der Waals surface area (Å²) in [5, 5.41) is 3.62. The number of methoxy groups -OCH3 is 2. The van der Waals surface area contributed by atoms with E-state index in [-0.39, 0.29) is 6.42 Å². The molecule has 5 nitrogen and oxygen atoms in total. The Morgan fingerprint density at radius 3 is 2.32 bits per heavy atom. The van der Waals surface area contributed by atoms with Crippen LogP contribution in [0.1, 0.15) is 15.9 Å². The lowest BCUT2D eigenvalue weighted by Gasteiger charge is -2.17. The molecular formula is C18H17Cl2NO4. The molecule has 7 heteroatoms. The summed E-state index contributed by atoms with van der Waals surface area (Å²) in [5.41, 5.74) is 1.16. The molecule has 2 rings (SSSR count). The Morgan fingerprint density at radius 2 is 1.76 bits per heavy atom. The highest BCUT2D eigenvalue weighted by molar-refractivity contribution is 6.32. The molecule has 0 fully saturated rings. The van der Waals surface area contributed by atoms with Crippen molar-refractivity contribution in [2.45, 2.75) is 12.5 Å². The van der Waals surface area contributed by atoms with Crippen LogP contribution in [0, 0.1) is 0 Å². The Bertz CT molecular complexity index is 762. The molecule has 2 aromatic carbocycles. The average molecular weight is 382 g/mol. The molecule has 1 amide bonds. The van der Waals surface area contributed by atoms with Crippen molar-refractivity contribution in [3.05, 3.63) is 63.6 Å². The number of rotatable bonds is 6. The van der Waals surface area contributed by atoms with Gasteiger partial charge in [-0.1, -0.05) is 29.3 Å². The fraction of sp³-hybridized carbons (Fsp3) is 0.222. The van der Waals surface area contributed by atoms with Gasteiger partial charge < -0.3 is 14.8 Å². The molecule has 0 saturated carbocycles. The number of amides is 1. The number of ether oxygens (including phenoxy) is 2. The van der Waals surface area contributed by atoms with Crippen molar-refractivity contribution >= 4 is 35.1 Å². The van der Waals surface area contributed by atoms with Crippen LogP contribution in [-0.4, -0.2) is 32.1 Å². The average Bonchev–Trinajstić information content (AvgIpc) is 2.61. The van der Waals surface area contributed by atoms with E-state index >= 15 is 0 Å². The molecule has 1 atom stereocenters. The smallest absolute Gasteiger partial charge is 0.328 e. The zero-order chi connectivity index (χ0) is 18.4. The molecule has 0 bridgehead atoms. The van der Waals surface area contributed by atoms with E-state index in [0.717, 1.165) is 5.56 Å². The van der Waals surface area contributed by atoms with Crippen LogP contribution in [0.15, 0.2) is 42.5 Å². The summed E-state index contributed by atoms with van der Waals surface area (Å²) in [6, 6.07) is 10.7. The summed E-state index contributed by atoms with van der Waals surface area (Å²) in [7, 11) is 2.79. The molecule has 1 N–H and O–H groups in total. The van der Waals surface area contributed by atoms with Gasteiger partial charge in [-0.15, -0.1) is 0 Å². The molecule has 0 unspecified atom stereocenters.